The minimum Gasteiger partial charge on any atom is -0.497 e. The van der Waals surface area contributed by atoms with E-state index in [1.807, 2.05) is 66.7 Å². The Hall–Kier alpha value is -4.79. The summed E-state index contributed by atoms with van der Waals surface area (Å²) in [6, 6.07) is 21.4. The second kappa shape index (κ2) is 8.99. The second-order valence-electron chi connectivity index (χ2n) is 7.39. The van der Waals surface area contributed by atoms with Gasteiger partial charge in [0.2, 0.25) is 11.9 Å². The predicted octanol–water partition coefficient (Wildman–Crippen LogP) is 4.93. The Balaban J connectivity index is 1.37. The Morgan fingerprint density at radius 3 is 2.53 bits per heavy atom. The molecule has 0 amide bonds. The summed E-state index contributed by atoms with van der Waals surface area (Å²) in [5.41, 5.74) is 10.6. The lowest BCUT2D eigenvalue weighted by atomic mass is 10.1. The van der Waals surface area contributed by atoms with E-state index in [4.69, 9.17) is 19.6 Å². The number of hydrogen-bond acceptors (Lipinski definition) is 8. The molecule has 0 radical (unpaired) electrons. The molecule has 9 nitrogen and oxygen atoms in total. The lowest BCUT2D eigenvalue weighted by Crippen LogP contribution is -2.02. The number of nitrogens with one attached hydrogen (secondary N) is 1. The molecule has 0 saturated heterocycles. The molecule has 5 aromatic rings. The molecule has 3 aromatic carbocycles. The minimum atomic E-state index is 0.266. The van der Waals surface area contributed by atoms with Gasteiger partial charge < -0.3 is 24.9 Å². The molecule has 9 heteroatoms. The molecule has 0 atom stereocenters. The average molecular weight is 454 g/mol. The highest BCUT2D eigenvalue weighted by atomic mass is 16.5. The van der Waals surface area contributed by atoms with Crippen LogP contribution < -0.4 is 20.5 Å². The lowest BCUT2D eigenvalue weighted by Gasteiger charge is -2.09. The van der Waals surface area contributed by atoms with Gasteiger partial charge in [0.05, 0.1) is 31.7 Å². The molecule has 2 aromatic heterocycles. The van der Waals surface area contributed by atoms with Gasteiger partial charge in [-0.05, 0) is 47.5 Å². The highest BCUT2D eigenvalue weighted by molar-refractivity contribution is 5.71. The van der Waals surface area contributed by atoms with Gasteiger partial charge in [0, 0.05) is 11.8 Å². The van der Waals surface area contributed by atoms with Gasteiger partial charge in [-0.25, -0.2) is 4.98 Å². The first-order valence-electron chi connectivity index (χ1n) is 10.5. The van der Waals surface area contributed by atoms with Crippen LogP contribution in [0, 0.1) is 0 Å². The zero-order valence-electron chi connectivity index (χ0n) is 18.6. The highest BCUT2D eigenvalue weighted by Gasteiger charge is 2.13. The number of nitrogens with zero attached hydrogens (tertiary/aromatic N) is 4. The third-order valence-electron chi connectivity index (χ3n) is 5.30. The summed E-state index contributed by atoms with van der Waals surface area (Å²) in [5, 5.41) is 7.68. The topological polar surface area (TPSA) is 113 Å². The summed E-state index contributed by atoms with van der Waals surface area (Å²) in [5.74, 6) is 2.68. The zero-order valence-corrected chi connectivity index (χ0v) is 18.6. The molecule has 0 aliphatic heterocycles. The number of ether oxygens (including phenoxy) is 2. The predicted molar refractivity (Wildman–Crippen MR) is 130 cm³/mol. The number of rotatable bonds is 7. The number of oxazole rings is 1. The quantitative estimate of drug-likeness (QED) is 0.356. The van der Waals surface area contributed by atoms with Crippen molar-refractivity contribution < 1.29 is 13.9 Å². The summed E-state index contributed by atoms with van der Waals surface area (Å²) < 4.78 is 17.8. The Morgan fingerprint density at radius 1 is 0.941 bits per heavy atom. The van der Waals surface area contributed by atoms with Crippen molar-refractivity contribution in [2.75, 3.05) is 25.3 Å². The number of methoxy groups -OCH3 is 2. The number of nitrogen functional groups attached to an aromatic ring is 1. The molecule has 34 heavy (non-hydrogen) atoms. The van der Waals surface area contributed by atoms with Gasteiger partial charge in [0.25, 0.3) is 0 Å². The smallest absolute Gasteiger partial charge is 0.248 e. The summed E-state index contributed by atoms with van der Waals surface area (Å²) in [6.45, 7) is 0. The van der Waals surface area contributed by atoms with E-state index in [9.17, 15) is 0 Å². The van der Waals surface area contributed by atoms with E-state index in [0.29, 0.717) is 17.5 Å². The fourth-order valence-electron chi connectivity index (χ4n) is 3.62. The fourth-order valence-corrected chi connectivity index (χ4v) is 3.62. The fraction of sp³-hybridized carbons (Fsp3) is 0.0800. The normalized spacial score (nSPS) is 10.8. The van der Waals surface area contributed by atoms with Crippen LogP contribution in [0.1, 0.15) is 0 Å². The van der Waals surface area contributed by atoms with Gasteiger partial charge in [0.15, 0.2) is 12.2 Å². The lowest BCUT2D eigenvalue weighted by molar-refractivity contribution is 0.415. The molecule has 0 saturated carbocycles. The maximum absolute atomic E-state index is 6.15. The first kappa shape index (κ1) is 21.1. The third-order valence-corrected chi connectivity index (χ3v) is 5.30. The largest absolute Gasteiger partial charge is 0.497 e. The number of nitrogens with two attached hydrogens (primary N) is 1. The van der Waals surface area contributed by atoms with Crippen molar-refractivity contribution in [3.05, 3.63) is 79.3 Å². The van der Waals surface area contributed by atoms with Crippen LogP contribution in [-0.2, 0) is 0 Å². The van der Waals surface area contributed by atoms with Crippen LogP contribution in [0.25, 0.3) is 28.1 Å². The molecule has 3 N–H and O–H groups in total. The first-order valence-corrected chi connectivity index (χ1v) is 10.5. The van der Waals surface area contributed by atoms with E-state index in [0.717, 1.165) is 33.8 Å². The number of anilines is 3. The molecule has 0 aliphatic carbocycles. The van der Waals surface area contributed by atoms with Crippen LogP contribution in [-0.4, -0.2) is 34.0 Å². The number of benzene rings is 3. The van der Waals surface area contributed by atoms with Crippen molar-refractivity contribution in [2.45, 2.75) is 0 Å². The molecular formula is C25H22N6O3. The van der Waals surface area contributed by atoms with E-state index in [1.165, 1.54) is 6.39 Å². The summed E-state index contributed by atoms with van der Waals surface area (Å²) >= 11 is 0. The maximum Gasteiger partial charge on any atom is 0.248 e. The van der Waals surface area contributed by atoms with Crippen molar-refractivity contribution in [2.24, 2.45) is 0 Å². The van der Waals surface area contributed by atoms with Crippen molar-refractivity contribution >= 4 is 17.6 Å². The van der Waals surface area contributed by atoms with Crippen LogP contribution in [0.3, 0.4) is 0 Å². The molecule has 0 fully saturated rings. The zero-order chi connectivity index (χ0) is 23.5. The van der Waals surface area contributed by atoms with Gasteiger partial charge in [-0.3, -0.25) is 0 Å². The summed E-state index contributed by atoms with van der Waals surface area (Å²) in [7, 11) is 3.25. The molecule has 2 heterocycles. The number of aromatic nitrogens is 4. The van der Waals surface area contributed by atoms with Crippen molar-refractivity contribution in [3.8, 4) is 39.6 Å². The van der Waals surface area contributed by atoms with Gasteiger partial charge in [-0.15, -0.1) is 5.10 Å². The van der Waals surface area contributed by atoms with E-state index in [-0.39, 0.29) is 5.95 Å². The Labute approximate surface area is 195 Å². The molecule has 170 valence electrons. The van der Waals surface area contributed by atoms with E-state index in [1.54, 1.807) is 25.1 Å². The first-order chi connectivity index (χ1) is 16.6. The van der Waals surface area contributed by atoms with Crippen molar-refractivity contribution in [1.82, 2.24) is 19.7 Å². The van der Waals surface area contributed by atoms with Crippen LogP contribution >= 0.6 is 0 Å². The average Bonchev–Trinajstić information content (AvgIpc) is 3.54. The molecule has 0 aliphatic rings. The molecular weight excluding hydrogens is 432 g/mol. The summed E-state index contributed by atoms with van der Waals surface area (Å²) in [6.07, 6.45) is 3.01. The monoisotopic (exact) mass is 454 g/mol. The minimum absolute atomic E-state index is 0.266. The van der Waals surface area contributed by atoms with E-state index >= 15 is 0 Å². The van der Waals surface area contributed by atoms with Crippen LogP contribution in [0.4, 0.5) is 17.6 Å². The van der Waals surface area contributed by atoms with Gasteiger partial charge in [-0.2, -0.15) is 9.67 Å². The van der Waals surface area contributed by atoms with Crippen molar-refractivity contribution in [1.29, 1.82) is 0 Å². The SMILES string of the molecule is COc1cccc(-c2ccc(-n3nc(Nc4ccc(-c5cnco5)c(OC)c4)nc3N)cc2)c1. The van der Waals surface area contributed by atoms with Crippen LogP contribution in [0.2, 0.25) is 0 Å². The Kier molecular flexibility index (Phi) is 5.57. The van der Waals surface area contributed by atoms with E-state index in [2.05, 4.69) is 20.4 Å². The maximum atomic E-state index is 6.15. The van der Waals surface area contributed by atoms with Gasteiger partial charge in [0.1, 0.15) is 11.5 Å². The Bertz CT molecular complexity index is 1410. The second-order valence-corrected chi connectivity index (χ2v) is 7.39. The molecule has 0 unspecified atom stereocenters. The van der Waals surface area contributed by atoms with E-state index < -0.39 is 0 Å². The summed E-state index contributed by atoms with van der Waals surface area (Å²) in [4.78, 5) is 8.30. The Morgan fingerprint density at radius 2 is 1.79 bits per heavy atom. The highest BCUT2D eigenvalue weighted by Crippen LogP contribution is 2.33. The van der Waals surface area contributed by atoms with Crippen molar-refractivity contribution in [3.63, 3.8) is 0 Å². The number of hydrogen-bond donors (Lipinski definition) is 2. The standard InChI is InChI=1S/C25H22N6O3/c1-32-20-5-3-4-17(12-20)16-6-9-19(10-7-16)31-24(26)29-25(30-31)28-18-8-11-21(22(13-18)33-2)23-14-27-15-34-23/h3-15H,1-2H3,(H3,26,28,29,30). The van der Waals surface area contributed by atoms with Gasteiger partial charge >= 0.3 is 0 Å². The van der Waals surface area contributed by atoms with Crippen LogP contribution in [0.5, 0.6) is 11.5 Å². The van der Waals surface area contributed by atoms with Gasteiger partial charge in [-0.1, -0.05) is 24.3 Å². The third kappa shape index (κ3) is 4.14. The molecule has 5 rings (SSSR count). The molecule has 0 spiro atoms. The molecule has 0 bridgehead atoms. The van der Waals surface area contributed by atoms with Crippen LogP contribution in [0.15, 0.2) is 83.7 Å².